The summed E-state index contributed by atoms with van der Waals surface area (Å²) >= 11 is 0. The van der Waals surface area contributed by atoms with Gasteiger partial charge >= 0.3 is 0 Å². The number of fused-ring (bicyclic) bond motifs is 1. The molecule has 3 aromatic rings. The Bertz CT molecular complexity index is 1080. The smallest absolute Gasteiger partial charge is 0.228 e. The van der Waals surface area contributed by atoms with Crippen LogP contribution in [0.3, 0.4) is 0 Å². The molecule has 1 amide bonds. The summed E-state index contributed by atoms with van der Waals surface area (Å²) in [5.74, 6) is -0.147. The minimum atomic E-state index is -0.238. The Labute approximate surface area is 177 Å². The number of halogens is 1. The molecule has 4 rings (SSSR count). The second-order valence-corrected chi connectivity index (χ2v) is 8.52. The van der Waals surface area contributed by atoms with Crippen LogP contribution < -0.4 is 0 Å². The Kier molecular flexibility index (Phi) is 5.60. The molecular formula is C24H29FN4O. The number of pyridine rings is 1. The van der Waals surface area contributed by atoms with Crippen LogP contribution in [0.5, 0.6) is 0 Å². The van der Waals surface area contributed by atoms with Crippen LogP contribution in [0.1, 0.15) is 29.7 Å². The van der Waals surface area contributed by atoms with Gasteiger partial charge in [0.25, 0.3) is 0 Å². The van der Waals surface area contributed by atoms with Crippen molar-refractivity contribution in [1.82, 2.24) is 19.2 Å². The highest BCUT2D eigenvalue weighted by molar-refractivity contribution is 5.82. The second-order valence-electron chi connectivity index (χ2n) is 8.52. The molecule has 0 spiro atoms. The molecule has 0 atom stereocenters. The van der Waals surface area contributed by atoms with E-state index in [1.54, 1.807) is 19.1 Å². The highest BCUT2D eigenvalue weighted by Gasteiger charge is 2.26. The number of nitrogens with zero attached hydrogens (tertiary/aromatic N) is 4. The molecule has 1 aliphatic heterocycles. The second kappa shape index (κ2) is 8.19. The summed E-state index contributed by atoms with van der Waals surface area (Å²) in [4.78, 5) is 22.2. The molecule has 2 aromatic heterocycles. The number of rotatable bonds is 4. The van der Waals surface area contributed by atoms with E-state index in [-0.39, 0.29) is 24.2 Å². The van der Waals surface area contributed by atoms with Crippen molar-refractivity contribution in [2.75, 3.05) is 27.2 Å². The summed E-state index contributed by atoms with van der Waals surface area (Å²) in [6.45, 7) is 5.79. The summed E-state index contributed by atoms with van der Waals surface area (Å²) in [6, 6.07) is 9.26. The van der Waals surface area contributed by atoms with E-state index in [0.717, 1.165) is 54.1 Å². The highest BCUT2D eigenvalue weighted by Crippen LogP contribution is 2.28. The molecule has 158 valence electrons. The van der Waals surface area contributed by atoms with E-state index < -0.39 is 0 Å². The molecule has 1 fully saturated rings. The first-order valence-corrected chi connectivity index (χ1v) is 10.5. The van der Waals surface area contributed by atoms with E-state index in [1.165, 1.54) is 6.07 Å². The van der Waals surface area contributed by atoms with Gasteiger partial charge in [-0.05, 0) is 82.2 Å². The number of carbonyl (C=O) groups excluding carboxylic acids is 1. The van der Waals surface area contributed by atoms with Gasteiger partial charge in [0, 0.05) is 24.8 Å². The van der Waals surface area contributed by atoms with E-state index in [9.17, 15) is 9.18 Å². The maximum atomic E-state index is 13.8. The number of amides is 1. The van der Waals surface area contributed by atoms with Crippen LogP contribution in [0.4, 0.5) is 4.39 Å². The van der Waals surface area contributed by atoms with Crippen LogP contribution in [0.2, 0.25) is 0 Å². The predicted octanol–water partition coefficient (Wildman–Crippen LogP) is 3.85. The number of hydrogen-bond acceptors (Lipinski definition) is 3. The molecule has 30 heavy (non-hydrogen) atoms. The Balaban J connectivity index is 1.70. The number of likely N-dealkylation sites (N-methyl/N-ethyl adjacent to an activating group) is 1. The molecule has 1 aromatic carbocycles. The van der Waals surface area contributed by atoms with Gasteiger partial charge in [-0.25, -0.2) is 9.37 Å². The Morgan fingerprint density at radius 2 is 1.93 bits per heavy atom. The lowest BCUT2D eigenvalue weighted by Gasteiger charge is -2.35. The molecule has 1 aliphatic rings. The molecule has 0 saturated carbocycles. The average Bonchev–Trinajstić information content (AvgIpc) is 3.07. The van der Waals surface area contributed by atoms with Crippen molar-refractivity contribution in [3.63, 3.8) is 0 Å². The Morgan fingerprint density at radius 1 is 1.20 bits per heavy atom. The third-order valence-corrected chi connectivity index (χ3v) is 6.24. The fourth-order valence-electron chi connectivity index (χ4n) is 4.25. The molecule has 0 unspecified atom stereocenters. The predicted molar refractivity (Wildman–Crippen MR) is 117 cm³/mol. The van der Waals surface area contributed by atoms with Crippen molar-refractivity contribution in [1.29, 1.82) is 0 Å². The first-order valence-electron chi connectivity index (χ1n) is 10.5. The summed E-state index contributed by atoms with van der Waals surface area (Å²) < 4.78 is 15.8. The normalized spacial score (nSPS) is 15.6. The number of carbonyl (C=O) groups is 1. The number of piperidine rings is 1. The Morgan fingerprint density at radius 3 is 2.63 bits per heavy atom. The zero-order chi connectivity index (χ0) is 21.4. The van der Waals surface area contributed by atoms with Crippen molar-refractivity contribution in [2.45, 2.75) is 39.2 Å². The number of imidazole rings is 1. The van der Waals surface area contributed by atoms with Gasteiger partial charge < -0.3 is 14.2 Å². The lowest BCUT2D eigenvalue weighted by atomic mass is 10.0. The highest BCUT2D eigenvalue weighted by atomic mass is 19.1. The molecular weight excluding hydrogens is 379 g/mol. The quantitative estimate of drug-likeness (QED) is 0.658. The third kappa shape index (κ3) is 3.97. The zero-order valence-electron chi connectivity index (χ0n) is 18.2. The van der Waals surface area contributed by atoms with Crippen LogP contribution in [0.15, 0.2) is 36.5 Å². The van der Waals surface area contributed by atoms with Gasteiger partial charge in [-0.15, -0.1) is 0 Å². The first kappa shape index (κ1) is 20.5. The molecule has 1 saturated heterocycles. The first-order chi connectivity index (χ1) is 14.3. The number of hydrogen-bond donors (Lipinski definition) is 0. The third-order valence-electron chi connectivity index (χ3n) is 6.24. The summed E-state index contributed by atoms with van der Waals surface area (Å²) in [7, 11) is 4.03. The number of likely N-dealkylation sites (tertiary alicyclic amines) is 1. The van der Waals surface area contributed by atoms with Crippen LogP contribution in [0.25, 0.3) is 16.9 Å². The fraction of sp³-hybridized carbons (Fsp3) is 0.417. The number of aromatic nitrogens is 2. The van der Waals surface area contributed by atoms with Crippen molar-refractivity contribution < 1.29 is 9.18 Å². The van der Waals surface area contributed by atoms with Gasteiger partial charge in [-0.2, -0.15) is 0 Å². The monoisotopic (exact) mass is 408 g/mol. The maximum absolute atomic E-state index is 13.8. The Hall–Kier alpha value is -2.73. The van der Waals surface area contributed by atoms with Gasteiger partial charge in [0.15, 0.2) is 0 Å². The van der Waals surface area contributed by atoms with Crippen molar-refractivity contribution in [3.05, 3.63) is 59.2 Å². The van der Waals surface area contributed by atoms with Gasteiger partial charge in [0.1, 0.15) is 11.5 Å². The van der Waals surface area contributed by atoms with Crippen LogP contribution in [-0.4, -0.2) is 58.3 Å². The van der Waals surface area contributed by atoms with Crippen LogP contribution in [-0.2, 0) is 11.2 Å². The largest absolute Gasteiger partial charge is 0.342 e. The molecule has 0 radical (unpaired) electrons. The fourth-order valence-corrected chi connectivity index (χ4v) is 4.25. The summed E-state index contributed by atoms with van der Waals surface area (Å²) in [5.41, 5.74) is 4.89. The topological polar surface area (TPSA) is 40.9 Å². The van der Waals surface area contributed by atoms with Gasteiger partial charge in [0.2, 0.25) is 5.91 Å². The van der Waals surface area contributed by atoms with Gasteiger partial charge in [0.05, 0.1) is 17.8 Å². The average molecular weight is 409 g/mol. The van der Waals surface area contributed by atoms with Crippen LogP contribution >= 0.6 is 0 Å². The minimum Gasteiger partial charge on any atom is -0.342 e. The van der Waals surface area contributed by atoms with Crippen LogP contribution in [0, 0.1) is 19.7 Å². The number of aryl methyl sites for hydroxylation is 2. The lowest BCUT2D eigenvalue weighted by molar-refractivity contribution is -0.132. The molecule has 0 N–H and O–H groups in total. The summed E-state index contributed by atoms with van der Waals surface area (Å²) in [5, 5.41) is 0. The number of benzene rings is 1. The minimum absolute atomic E-state index is 0.0907. The molecule has 0 bridgehead atoms. The SMILES string of the molecule is Cc1ccc2nc(-c3ccc(F)c(C)c3)c(CC(=O)N(C)C3CCN(C)CC3)n2c1. The molecule has 5 nitrogen and oxygen atoms in total. The van der Waals surface area contributed by atoms with Crippen molar-refractivity contribution >= 4 is 11.6 Å². The maximum Gasteiger partial charge on any atom is 0.228 e. The zero-order valence-corrected chi connectivity index (χ0v) is 18.2. The molecule has 0 aliphatic carbocycles. The van der Waals surface area contributed by atoms with E-state index >= 15 is 0 Å². The van der Waals surface area contributed by atoms with Gasteiger partial charge in [-0.1, -0.05) is 6.07 Å². The van der Waals surface area contributed by atoms with E-state index in [2.05, 4.69) is 11.9 Å². The van der Waals surface area contributed by atoms with E-state index in [1.807, 2.05) is 41.6 Å². The lowest BCUT2D eigenvalue weighted by Crippen LogP contribution is -2.45. The van der Waals surface area contributed by atoms with Crippen molar-refractivity contribution in [3.8, 4) is 11.3 Å². The summed E-state index contributed by atoms with van der Waals surface area (Å²) in [6.07, 6.45) is 4.27. The van der Waals surface area contributed by atoms with E-state index in [4.69, 9.17) is 4.98 Å². The van der Waals surface area contributed by atoms with Gasteiger partial charge in [-0.3, -0.25) is 4.79 Å². The standard InChI is InChI=1S/C24H29FN4O/c1-16-5-8-22-26-24(18-6-7-20(25)17(2)13-18)21(29(22)15-16)14-23(30)28(4)19-9-11-27(3)12-10-19/h5-8,13,15,19H,9-12,14H2,1-4H3. The van der Waals surface area contributed by atoms with Crippen molar-refractivity contribution in [2.24, 2.45) is 0 Å². The molecule has 3 heterocycles. The van der Waals surface area contributed by atoms with E-state index in [0.29, 0.717) is 5.56 Å². The molecule has 6 heteroatoms.